The molecule has 2 rings (SSSR count). The van der Waals surface area contributed by atoms with E-state index in [1.54, 1.807) is 0 Å². The maximum Gasteiger partial charge on any atom is 0.239 e. The molecule has 0 radical (unpaired) electrons. The molecule has 2 aromatic carbocycles. The van der Waals surface area contributed by atoms with Crippen LogP contribution in [0.15, 0.2) is 60.7 Å². The molecule has 0 aliphatic rings. The van der Waals surface area contributed by atoms with E-state index in [-0.39, 0.29) is 5.75 Å². The second-order valence-electron chi connectivity index (χ2n) is 4.65. The third-order valence-electron chi connectivity index (χ3n) is 3.00. The van der Waals surface area contributed by atoms with Gasteiger partial charge in [0.05, 0.1) is 11.4 Å². The fourth-order valence-electron chi connectivity index (χ4n) is 2.09. The largest absolute Gasteiger partial charge is 0.270 e. The zero-order valence-electron chi connectivity index (χ0n) is 11.6. The smallest absolute Gasteiger partial charge is 0.239 e. The van der Waals surface area contributed by atoms with Crippen molar-refractivity contribution in [3.63, 3.8) is 0 Å². The van der Waals surface area contributed by atoms with E-state index in [4.69, 9.17) is 0 Å². The first-order chi connectivity index (χ1) is 9.63. The Morgan fingerprint density at radius 1 is 0.900 bits per heavy atom. The van der Waals surface area contributed by atoms with E-state index in [1.165, 1.54) is 4.31 Å². The summed E-state index contributed by atoms with van der Waals surface area (Å²) in [4.78, 5) is 0. The molecule has 0 amide bonds. The normalized spacial score (nSPS) is 11.2. The minimum absolute atomic E-state index is 0.0305. The Labute approximate surface area is 120 Å². The number of hydrogen-bond donors (Lipinski definition) is 0. The van der Waals surface area contributed by atoms with Crippen molar-refractivity contribution >= 4 is 15.7 Å². The van der Waals surface area contributed by atoms with Gasteiger partial charge in [-0.05, 0) is 24.1 Å². The summed E-state index contributed by atoms with van der Waals surface area (Å²) in [5.74, 6) is 0.0305. The predicted molar refractivity (Wildman–Crippen MR) is 83.1 cm³/mol. The van der Waals surface area contributed by atoms with Crippen molar-refractivity contribution in [2.45, 2.75) is 19.1 Å². The summed E-state index contributed by atoms with van der Waals surface area (Å²) in [5, 5.41) is 0. The number of rotatable bonds is 6. The Kier molecular flexibility index (Phi) is 4.79. The number of benzene rings is 2. The van der Waals surface area contributed by atoms with Gasteiger partial charge in [-0.25, -0.2) is 8.42 Å². The van der Waals surface area contributed by atoms with Crippen LogP contribution in [0, 0.1) is 0 Å². The van der Waals surface area contributed by atoms with Gasteiger partial charge < -0.3 is 0 Å². The highest BCUT2D eigenvalue weighted by molar-refractivity contribution is 7.92. The molecule has 0 aliphatic carbocycles. The SMILES string of the molecule is CCCN(c1ccccc1)S(=O)(=O)Cc1ccccc1. The molecular formula is C16H19NO2S. The average Bonchev–Trinajstić information content (AvgIpc) is 2.46. The molecule has 0 aromatic heterocycles. The lowest BCUT2D eigenvalue weighted by Crippen LogP contribution is -2.32. The van der Waals surface area contributed by atoms with Crippen LogP contribution in [-0.2, 0) is 15.8 Å². The van der Waals surface area contributed by atoms with E-state index < -0.39 is 10.0 Å². The summed E-state index contributed by atoms with van der Waals surface area (Å²) in [6.45, 7) is 2.48. The van der Waals surface area contributed by atoms with Crippen molar-refractivity contribution in [1.82, 2.24) is 0 Å². The third-order valence-corrected chi connectivity index (χ3v) is 4.76. The maximum absolute atomic E-state index is 12.6. The summed E-state index contributed by atoms with van der Waals surface area (Å²) >= 11 is 0. The first kappa shape index (κ1) is 14.6. The van der Waals surface area contributed by atoms with Gasteiger partial charge in [0.15, 0.2) is 0 Å². The number of nitrogens with zero attached hydrogens (tertiary/aromatic N) is 1. The highest BCUT2D eigenvalue weighted by Gasteiger charge is 2.21. The van der Waals surface area contributed by atoms with Crippen LogP contribution in [0.4, 0.5) is 5.69 Å². The zero-order valence-corrected chi connectivity index (χ0v) is 12.4. The standard InChI is InChI=1S/C16H19NO2S/c1-2-13-17(16-11-7-4-8-12-16)20(18,19)14-15-9-5-3-6-10-15/h3-12H,2,13-14H2,1H3. The minimum atomic E-state index is -3.36. The maximum atomic E-state index is 12.6. The van der Waals surface area contributed by atoms with Crippen molar-refractivity contribution in [2.24, 2.45) is 0 Å². The van der Waals surface area contributed by atoms with Crippen LogP contribution < -0.4 is 4.31 Å². The average molecular weight is 289 g/mol. The number of hydrogen-bond acceptors (Lipinski definition) is 2. The molecule has 0 atom stereocenters. The van der Waals surface area contributed by atoms with E-state index in [1.807, 2.05) is 67.6 Å². The molecule has 0 spiro atoms. The van der Waals surface area contributed by atoms with Crippen LogP contribution in [0.5, 0.6) is 0 Å². The fourth-order valence-corrected chi connectivity index (χ4v) is 3.76. The summed E-state index contributed by atoms with van der Waals surface area (Å²) in [6, 6.07) is 18.5. The number of sulfonamides is 1. The predicted octanol–water partition coefficient (Wildman–Crippen LogP) is 3.43. The Morgan fingerprint density at radius 2 is 1.45 bits per heavy atom. The molecule has 2 aromatic rings. The van der Waals surface area contributed by atoms with Crippen molar-refractivity contribution < 1.29 is 8.42 Å². The highest BCUT2D eigenvalue weighted by atomic mass is 32.2. The minimum Gasteiger partial charge on any atom is -0.270 e. The quantitative estimate of drug-likeness (QED) is 0.817. The Morgan fingerprint density at radius 3 is 2.00 bits per heavy atom. The summed E-state index contributed by atoms with van der Waals surface area (Å²) in [5.41, 5.74) is 1.54. The molecule has 0 saturated heterocycles. The van der Waals surface area contributed by atoms with E-state index in [9.17, 15) is 8.42 Å². The van der Waals surface area contributed by atoms with Gasteiger partial charge in [0.1, 0.15) is 0 Å². The van der Waals surface area contributed by atoms with Gasteiger partial charge in [0.2, 0.25) is 10.0 Å². The second-order valence-corrected chi connectivity index (χ2v) is 6.54. The van der Waals surface area contributed by atoms with E-state index in [2.05, 4.69) is 0 Å². The Bertz CT molecular complexity index is 624. The van der Waals surface area contributed by atoms with Crippen molar-refractivity contribution in [2.75, 3.05) is 10.8 Å². The van der Waals surface area contributed by atoms with Crippen molar-refractivity contribution in [3.05, 3.63) is 66.2 Å². The van der Waals surface area contributed by atoms with Crippen molar-refractivity contribution in [1.29, 1.82) is 0 Å². The molecule has 0 fully saturated rings. The Balaban J connectivity index is 2.28. The summed E-state index contributed by atoms with van der Waals surface area (Å²) in [6.07, 6.45) is 0.781. The second kappa shape index (κ2) is 6.57. The zero-order chi connectivity index (χ0) is 14.4. The van der Waals surface area contributed by atoms with Gasteiger partial charge in [0.25, 0.3) is 0 Å². The van der Waals surface area contributed by atoms with Gasteiger partial charge in [-0.1, -0.05) is 55.5 Å². The topological polar surface area (TPSA) is 37.4 Å². The summed E-state index contributed by atoms with van der Waals surface area (Å²) in [7, 11) is -3.36. The fraction of sp³-hybridized carbons (Fsp3) is 0.250. The molecule has 0 unspecified atom stereocenters. The molecule has 3 nitrogen and oxygen atoms in total. The molecule has 0 N–H and O–H groups in total. The van der Waals surface area contributed by atoms with E-state index in [0.717, 1.165) is 17.7 Å². The van der Waals surface area contributed by atoms with Gasteiger partial charge in [-0.3, -0.25) is 4.31 Å². The van der Waals surface area contributed by atoms with Crippen LogP contribution >= 0.6 is 0 Å². The third kappa shape index (κ3) is 3.61. The molecule has 4 heteroatoms. The molecule has 20 heavy (non-hydrogen) atoms. The van der Waals surface area contributed by atoms with E-state index in [0.29, 0.717) is 6.54 Å². The first-order valence-electron chi connectivity index (χ1n) is 6.73. The number of anilines is 1. The molecule has 0 aliphatic heterocycles. The highest BCUT2D eigenvalue weighted by Crippen LogP contribution is 2.20. The molecule has 0 heterocycles. The van der Waals surface area contributed by atoms with Crippen LogP contribution in [0.25, 0.3) is 0 Å². The lowest BCUT2D eigenvalue weighted by molar-refractivity contribution is 0.589. The van der Waals surface area contributed by atoms with Gasteiger partial charge in [-0.15, -0.1) is 0 Å². The van der Waals surface area contributed by atoms with Gasteiger partial charge in [-0.2, -0.15) is 0 Å². The Hall–Kier alpha value is -1.81. The lowest BCUT2D eigenvalue weighted by atomic mass is 10.2. The summed E-state index contributed by atoms with van der Waals surface area (Å²) < 4.78 is 26.7. The van der Waals surface area contributed by atoms with Gasteiger partial charge >= 0.3 is 0 Å². The van der Waals surface area contributed by atoms with Crippen molar-refractivity contribution in [3.8, 4) is 0 Å². The van der Waals surface area contributed by atoms with Crippen LogP contribution in [-0.4, -0.2) is 15.0 Å². The number of para-hydroxylation sites is 1. The van der Waals surface area contributed by atoms with Gasteiger partial charge in [0, 0.05) is 6.54 Å². The van der Waals surface area contributed by atoms with Crippen LogP contribution in [0.2, 0.25) is 0 Å². The molecule has 106 valence electrons. The lowest BCUT2D eigenvalue weighted by Gasteiger charge is -2.24. The molecule has 0 bridgehead atoms. The van der Waals surface area contributed by atoms with Crippen LogP contribution in [0.1, 0.15) is 18.9 Å². The molecular weight excluding hydrogens is 270 g/mol. The first-order valence-corrected chi connectivity index (χ1v) is 8.34. The van der Waals surface area contributed by atoms with E-state index >= 15 is 0 Å². The van der Waals surface area contributed by atoms with Crippen LogP contribution in [0.3, 0.4) is 0 Å². The molecule has 0 saturated carbocycles. The monoisotopic (exact) mass is 289 g/mol.